The van der Waals surface area contributed by atoms with Crippen molar-refractivity contribution in [1.82, 2.24) is 15.0 Å². The Bertz CT molecular complexity index is 1390. The predicted molar refractivity (Wildman–Crippen MR) is 135 cm³/mol. The van der Waals surface area contributed by atoms with E-state index in [0.29, 0.717) is 33.2 Å². The molecule has 4 aromatic rings. The fourth-order valence-corrected chi connectivity index (χ4v) is 4.63. The van der Waals surface area contributed by atoms with Gasteiger partial charge in [0.25, 0.3) is 0 Å². The largest absolute Gasteiger partial charge is 0.478 e. The second-order valence-electron chi connectivity index (χ2n) is 8.83. The van der Waals surface area contributed by atoms with E-state index in [1.165, 1.54) is 6.07 Å². The lowest BCUT2D eigenvalue weighted by atomic mass is 10.1. The Labute approximate surface area is 207 Å². The number of benzene rings is 2. The lowest BCUT2D eigenvalue weighted by molar-refractivity contribution is -0.00522. The highest BCUT2D eigenvalue weighted by Crippen LogP contribution is 2.32. The van der Waals surface area contributed by atoms with Gasteiger partial charge in [0.05, 0.1) is 34.0 Å². The van der Waals surface area contributed by atoms with Gasteiger partial charge in [-0.2, -0.15) is 4.98 Å². The third kappa shape index (κ3) is 4.80. The van der Waals surface area contributed by atoms with Crippen molar-refractivity contribution in [3.8, 4) is 23.0 Å². The minimum Gasteiger partial charge on any atom is -0.478 e. The highest BCUT2D eigenvalue weighted by atomic mass is 35.5. The Hall–Kier alpha value is -3.62. The highest BCUT2D eigenvalue weighted by Gasteiger charge is 2.22. The number of nitrogens with zero attached hydrogens (tertiary/aromatic N) is 3. The standard InChI is InChI=1S/C26H25ClN4O4/c1-14-4-9-19(10-20(14)25(32)33)35-26-28-22-11-21(27)23(29-24(22)30-26)17-5-7-18(8-6-17)31-12-15(2)34-16(3)13-31/h4-11,15-16H,12-13H2,1-3H3,(H,32,33)(H,28,29,30)/t15-,16+. The van der Waals surface area contributed by atoms with E-state index in [1.807, 2.05) is 12.1 Å². The number of nitrogens with one attached hydrogen (secondary N) is 1. The number of aryl methyl sites for hydroxylation is 1. The van der Waals surface area contributed by atoms with Crippen LogP contribution in [0.1, 0.15) is 29.8 Å². The zero-order valence-electron chi connectivity index (χ0n) is 19.6. The van der Waals surface area contributed by atoms with Crippen LogP contribution in [0.15, 0.2) is 48.5 Å². The van der Waals surface area contributed by atoms with Crippen LogP contribution in [0.4, 0.5) is 5.69 Å². The quantitative estimate of drug-likeness (QED) is 0.369. The Morgan fingerprint density at radius 2 is 1.83 bits per heavy atom. The average molecular weight is 493 g/mol. The number of hydrogen-bond donors (Lipinski definition) is 2. The van der Waals surface area contributed by atoms with Crippen molar-refractivity contribution < 1.29 is 19.4 Å². The summed E-state index contributed by atoms with van der Waals surface area (Å²) in [4.78, 5) is 25.8. The van der Waals surface area contributed by atoms with E-state index in [2.05, 4.69) is 45.8 Å². The monoisotopic (exact) mass is 492 g/mol. The van der Waals surface area contributed by atoms with Gasteiger partial charge in [-0.15, -0.1) is 0 Å². The zero-order chi connectivity index (χ0) is 24.7. The predicted octanol–water partition coefficient (Wildman–Crippen LogP) is 5.69. The summed E-state index contributed by atoms with van der Waals surface area (Å²) in [6, 6.07) is 15.0. The Morgan fingerprint density at radius 3 is 2.51 bits per heavy atom. The van der Waals surface area contributed by atoms with Crippen LogP contribution in [0.2, 0.25) is 5.02 Å². The molecular weight excluding hydrogens is 468 g/mol. The molecular formula is C26H25ClN4O4. The van der Waals surface area contributed by atoms with E-state index in [0.717, 1.165) is 24.3 Å². The van der Waals surface area contributed by atoms with E-state index in [1.54, 1.807) is 25.1 Å². The van der Waals surface area contributed by atoms with Crippen LogP contribution in [0.5, 0.6) is 11.8 Å². The minimum absolute atomic E-state index is 0.173. The molecule has 35 heavy (non-hydrogen) atoms. The third-order valence-corrected chi connectivity index (χ3v) is 6.27. The molecule has 1 fully saturated rings. The molecule has 5 rings (SSSR count). The lowest BCUT2D eigenvalue weighted by Gasteiger charge is -2.36. The molecule has 3 heterocycles. The molecule has 2 aromatic heterocycles. The fourth-order valence-electron chi connectivity index (χ4n) is 4.37. The van der Waals surface area contributed by atoms with E-state index in [9.17, 15) is 9.90 Å². The van der Waals surface area contributed by atoms with E-state index >= 15 is 0 Å². The number of imidazole rings is 1. The molecule has 9 heteroatoms. The molecule has 0 unspecified atom stereocenters. The summed E-state index contributed by atoms with van der Waals surface area (Å²) in [5, 5.41) is 9.83. The maximum absolute atomic E-state index is 11.4. The molecule has 0 spiro atoms. The van der Waals surface area contributed by atoms with E-state index < -0.39 is 5.97 Å². The summed E-state index contributed by atoms with van der Waals surface area (Å²) in [6.07, 6.45) is 0.368. The first-order valence-electron chi connectivity index (χ1n) is 11.4. The number of morpholine rings is 1. The molecule has 0 aliphatic carbocycles. The molecule has 2 aromatic carbocycles. The Balaban J connectivity index is 1.40. The number of ether oxygens (including phenoxy) is 2. The Morgan fingerprint density at radius 1 is 1.11 bits per heavy atom. The van der Waals surface area contributed by atoms with Gasteiger partial charge in [-0.1, -0.05) is 29.8 Å². The molecule has 1 aliphatic heterocycles. The number of aromatic nitrogens is 3. The summed E-state index contributed by atoms with van der Waals surface area (Å²) < 4.78 is 11.6. The molecule has 1 saturated heterocycles. The molecule has 2 N–H and O–H groups in total. The number of hydrogen-bond acceptors (Lipinski definition) is 6. The van der Waals surface area contributed by atoms with Crippen LogP contribution in [-0.4, -0.2) is 51.3 Å². The van der Waals surface area contributed by atoms with Gasteiger partial charge < -0.3 is 24.5 Å². The van der Waals surface area contributed by atoms with Crippen molar-refractivity contribution in [3.05, 3.63) is 64.7 Å². The van der Waals surface area contributed by atoms with Crippen LogP contribution < -0.4 is 9.64 Å². The number of pyridine rings is 1. The summed E-state index contributed by atoms with van der Waals surface area (Å²) >= 11 is 6.56. The van der Waals surface area contributed by atoms with Crippen molar-refractivity contribution in [2.75, 3.05) is 18.0 Å². The van der Waals surface area contributed by atoms with Crippen LogP contribution in [-0.2, 0) is 4.74 Å². The molecule has 1 aliphatic rings. The van der Waals surface area contributed by atoms with Crippen molar-refractivity contribution in [2.24, 2.45) is 0 Å². The average Bonchev–Trinajstić information content (AvgIpc) is 3.20. The first-order valence-corrected chi connectivity index (χ1v) is 11.7. The van der Waals surface area contributed by atoms with Gasteiger partial charge in [0.2, 0.25) is 0 Å². The third-order valence-electron chi connectivity index (χ3n) is 5.98. The number of fused-ring (bicyclic) bond motifs is 1. The lowest BCUT2D eigenvalue weighted by Crippen LogP contribution is -2.45. The molecule has 0 saturated carbocycles. The molecule has 0 radical (unpaired) electrons. The van der Waals surface area contributed by atoms with Crippen molar-refractivity contribution in [3.63, 3.8) is 0 Å². The molecule has 2 atom stereocenters. The van der Waals surface area contributed by atoms with Crippen molar-refractivity contribution in [1.29, 1.82) is 0 Å². The van der Waals surface area contributed by atoms with Crippen LogP contribution in [0.3, 0.4) is 0 Å². The van der Waals surface area contributed by atoms with Gasteiger partial charge in [0, 0.05) is 24.3 Å². The fraction of sp³-hybridized carbons (Fsp3) is 0.269. The number of carboxylic acids is 1. The first-order chi connectivity index (χ1) is 16.8. The van der Waals surface area contributed by atoms with Crippen LogP contribution >= 0.6 is 11.6 Å². The number of rotatable bonds is 5. The molecule has 180 valence electrons. The minimum atomic E-state index is -1.01. The normalized spacial score (nSPS) is 18.1. The zero-order valence-corrected chi connectivity index (χ0v) is 20.3. The van der Waals surface area contributed by atoms with Crippen molar-refractivity contribution >= 4 is 34.4 Å². The molecule has 8 nitrogen and oxygen atoms in total. The second kappa shape index (κ2) is 9.20. The van der Waals surface area contributed by atoms with E-state index in [-0.39, 0.29) is 23.8 Å². The summed E-state index contributed by atoms with van der Waals surface area (Å²) in [7, 11) is 0. The number of carboxylic acid groups (broad SMARTS) is 1. The SMILES string of the molecule is Cc1ccc(Oc2nc3nc(-c4ccc(N5C[C@@H](C)O[C@@H](C)C5)cc4)c(Cl)cc3[nH]2)cc1C(=O)O. The number of H-pyrrole nitrogens is 1. The number of carbonyl (C=O) groups is 1. The molecule has 0 amide bonds. The van der Waals surface area contributed by atoms with Crippen LogP contribution in [0, 0.1) is 6.92 Å². The maximum atomic E-state index is 11.4. The summed E-state index contributed by atoms with van der Waals surface area (Å²) in [6.45, 7) is 7.60. The van der Waals surface area contributed by atoms with E-state index in [4.69, 9.17) is 21.1 Å². The van der Waals surface area contributed by atoms with Gasteiger partial charge >= 0.3 is 12.0 Å². The van der Waals surface area contributed by atoms with Gasteiger partial charge in [-0.05, 0) is 56.7 Å². The van der Waals surface area contributed by atoms with Gasteiger partial charge in [0.1, 0.15) is 5.75 Å². The number of anilines is 1. The number of halogens is 1. The molecule has 0 bridgehead atoms. The van der Waals surface area contributed by atoms with Crippen LogP contribution in [0.25, 0.3) is 22.4 Å². The summed E-state index contributed by atoms with van der Waals surface area (Å²) in [5.41, 5.74) is 4.52. The smallest absolute Gasteiger partial charge is 0.336 e. The highest BCUT2D eigenvalue weighted by molar-refractivity contribution is 6.33. The number of aromatic carboxylic acids is 1. The van der Waals surface area contributed by atoms with Gasteiger partial charge in [-0.25, -0.2) is 9.78 Å². The van der Waals surface area contributed by atoms with Crippen molar-refractivity contribution in [2.45, 2.75) is 33.0 Å². The first kappa shape index (κ1) is 23.1. The second-order valence-corrected chi connectivity index (χ2v) is 9.23. The topological polar surface area (TPSA) is 101 Å². The number of aromatic amines is 1. The van der Waals surface area contributed by atoms with Gasteiger partial charge in [0.15, 0.2) is 5.65 Å². The maximum Gasteiger partial charge on any atom is 0.336 e. The Kier molecular flexibility index (Phi) is 6.08. The van der Waals surface area contributed by atoms with Gasteiger partial charge in [-0.3, -0.25) is 0 Å². The summed E-state index contributed by atoms with van der Waals surface area (Å²) in [5.74, 6) is -0.653.